The topological polar surface area (TPSA) is 98.5 Å². The zero-order valence-corrected chi connectivity index (χ0v) is 22.8. The molecular weight excluding hydrogens is 515 g/mol. The van der Waals surface area contributed by atoms with Crippen molar-refractivity contribution in [2.45, 2.75) is 26.2 Å². The Kier molecular flexibility index (Phi) is 7.20. The minimum absolute atomic E-state index is 0.0768. The Morgan fingerprint density at radius 1 is 1.15 bits per heavy atom. The minimum Gasteiger partial charge on any atom is -0.387 e. The van der Waals surface area contributed by atoms with E-state index in [1.165, 1.54) is 12.1 Å². The molecule has 1 fully saturated rings. The van der Waals surface area contributed by atoms with E-state index in [0.29, 0.717) is 12.2 Å². The van der Waals surface area contributed by atoms with Crippen molar-refractivity contribution in [3.05, 3.63) is 103 Å². The van der Waals surface area contributed by atoms with Crippen molar-refractivity contribution in [1.82, 2.24) is 30.8 Å². The van der Waals surface area contributed by atoms with Crippen LogP contribution in [0.15, 0.2) is 91.4 Å². The predicted molar refractivity (Wildman–Crippen MR) is 162 cm³/mol. The number of H-pyrrole nitrogens is 2. The Labute approximate surface area is 237 Å². The van der Waals surface area contributed by atoms with E-state index < -0.39 is 0 Å². The molecule has 0 atom stereocenters. The molecule has 0 unspecified atom stereocenters. The van der Waals surface area contributed by atoms with Gasteiger partial charge in [0.15, 0.2) is 5.65 Å². The Balaban J connectivity index is 1.37. The lowest BCUT2D eigenvalue weighted by Gasteiger charge is -2.24. The van der Waals surface area contributed by atoms with Gasteiger partial charge >= 0.3 is 0 Å². The van der Waals surface area contributed by atoms with Crippen LogP contribution >= 0.6 is 0 Å². The molecule has 0 bridgehead atoms. The summed E-state index contributed by atoms with van der Waals surface area (Å²) in [5, 5.41) is 15.8. The van der Waals surface area contributed by atoms with E-state index in [1.807, 2.05) is 43.5 Å². The normalized spacial score (nSPS) is 14.3. The van der Waals surface area contributed by atoms with Gasteiger partial charge in [-0.05, 0) is 67.3 Å². The van der Waals surface area contributed by atoms with Gasteiger partial charge in [-0.2, -0.15) is 5.10 Å². The smallest absolute Gasteiger partial charge is 0.227 e. The van der Waals surface area contributed by atoms with E-state index in [4.69, 9.17) is 0 Å². The molecule has 8 heteroatoms. The standard InChI is InChI=1S/C33H31FN6O/c1-3-14-35-18-23(15-20(2)37-33(41)22-6-4-7-22)24-16-28-31(39-40-32(28)36-19-24)30-17-27-26(8-5-9-29(27)38-30)21-10-12-25(34)13-11-21/h3,5,8-13,15-19,22,35,38H,1,4,6-7,14H2,2H3,(H,37,41)(H,36,39,40)/b20-15+,23-18+. The number of carbonyl (C=O) groups excluding carboxylic acids is 1. The number of benzene rings is 2. The number of nitrogens with zero attached hydrogens (tertiary/aromatic N) is 2. The number of allylic oxidation sites excluding steroid dienone is 3. The maximum atomic E-state index is 13.5. The fourth-order valence-corrected chi connectivity index (χ4v) is 5.13. The first-order valence-electron chi connectivity index (χ1n) is 13.8. The average Bonchev–Trinajstić information content (AvgIpc) is 3.55. The van der Waals surface area contributed by atoms with Crippen LogP contribution in [0.3, 0.4) is 0 Å². The van der Waals surface area contributed by atoms with Gasteiger partial charge in [0.1, 0.15) is 5.82 Å². The van der Waals surface area contributed by atoms with Crippen molar-refractivity contribution in [3.63, 3.8) is 0 Å². The third-order valence-electron chi connectivity index (χ3n) is 7.52. The molecule has 3 aromatic heterocycles. The third-order valence-corrected chi connectivity index (χ3v) is 7.52. The quantitative estimate of drug-likeness (QED) is 0.0923. The highest BCUT2D eigenvalue weighted by atomic mass is 19.1. The lowest BCUT2D eigenvalue weighted by molar-refractivity contribution is -0.126. The van der Waals surface area contributed by atoms with Crippen molar-refractivity contribution in [2.24, 2.45) is 5.92 Å². The highest BCUT2D eigenvalue weighted by molar-refractivity contribution is 6.01. The first kappa shape index (κ1) is 26.3. The molecule has 6 rings (SSSR count). The number of aromatic amines is 2. The Morgan fingerprint density at radius 3 is 2.73 bits per heavy atom. The molecule has 0 saturated heterocycles. The number of rotatable bonds is 9. The van der Waals surface area contributed by atoms with Crippen LogP contribution in [0, 0.1) is 11.7 Å². The van der Waals surface area contributed by atoms with Crippen LogP contribution in [0.1, 0.15) is 31.7 Å². The van der Waals surface area contributed by atoms with Crippen LogP contribution in [0.4, 0.5) is 4.39 Å². The van der Waals surface area contributed by atoms with Crippen molar-refractivity contribution < 1.29 is 9.18 Å². The fourth-order valence-electron chi connectivity index (χ4n) is 5.13. The number of fused-ring (bicyclic) bond motifs is 2. The second-order valence-corrected chi connectivity index (χ2v) is 10.4. The molecule has 1 amide bonds. The highest BCUT2D eigenvalue weighted by Crippen LogP contribution is 2.34. The second kappa shape index (κ2) is 11.3. The van der Waals surface area contributed by atoms with Gasteiger partial charge in [-0.15, -0.1) is 6.58 Å². The van der Waals surface area contributed by atoms with Crippen LogP contribution in [0.2, 0.25) is 0 Å². The van der Waals surface area contributed by atoms with Gasteiger partial charge in [-0.1, -0.05) is 36.8 Å². The lowest BCUT2D eigenvalue weighted by atomic mass is 9.85. The molecule has 0 aliphatic heterocycles. The van der Waals surface area contributed by atoms with Crippen LogP contribution < -0.4 is 10.6 Å². The van der Waals surface area contributed by atoms with Crippen molar-refractivity contribution in [2.75, 3.05) is 6.54 Å². The summed E-state index contributed by atoms with van der Waals surface area (Å²) in [5.74, 6) is -0.0780. The molecule has 1 aliphatic rings. The molecule has 3 heterocycles. The van der Waals surface area contributed by atoms with Crippen LogP contribution in [-0.2, 0) is 4.79 Å². The van der Waals surface area contributed by atoms with Gasteiger partial charge in [0.05, 0.1) is 11.4 Å². The number of aromatic nitrogens is 4. The zero-order valence-electron chi connectivity index (χ0n) is 22.8. The number of amides is 1. The zero-order chi connectivity index (χ0) is 28.3. The summed E-state index contributed by atoms with van der Waals surface area (Å²) < 4.78 is 13.5. The molecule has 7 nitrogen and oxygen atoms in total. The van der Waals surface area contributed by atoms with Crippen LogP contribution in [-0.4, -0.2) is 32.6 Å². The highest BCUT2D eigenvalue weighted by Gasteiger charge is 2.25. The average molecular weight is 547 g/mol. The summed E-state index contributed by atoms with van der Waals surface area (Å²) in [6.45, 7) is 6.28. The number of hydrogen-bond acceptors (Lipinski definition) is 4. The molecular formula is C33H31FN6O. The molecule has 1 aliphatic carbocycles. The Bertz CT molecular complexity index is 1810. The number of hydrogen-bond donors (Lipinski definition) is 4. The molecule has 5 aromatic rings. The van der Waals surface area contributed by atoms with Gasteiger partial charge in [0.25, 0.3) is 0 Å². The Hall–Kier alpha value is -4.98. The summed E-state index contributed by atoms with van der Waals surface area (Å²) >= 11 is 0. The van der Waals surface area contributed by atoms with Gasteiger partial charge in [-0.3, -0.25) is 9.89 Å². The monoisotopic (exact) mass is 546 g/mol. The van der Waals surface area contributed by atoms with Crippen molar-refractivity contribution >= 4 is 33.4 Å². The van der Waals surface area contributed by atoms with Crippen molar-refractivity contribution in [1.29, 1.82) is 0 Å². The van der Waals surface area contributed by atoms with Gasteiger partial charge < -0.3 is 15.6 Å². The number of nitrogens with one attached hydrogen (secondary N) is 4. The number of pyridine rings is 1. The summed E-state index contributed by atoms with van der Waals surface area (Å²) in [5.41, 5.74) is 7.70. The minimum atomic E-state index is -0.262. The van der Waals surface area contributed by atoms with E-state index >= 15 is 0 Å². The van der Waals surface area contributed by atoms with Gasteiger partial charge in [0, 0.05) is 58.0 Å². The maximum Gasteiger partial charge on any atom is 0.227 e. The maximum absolute atomic E-state index is 13.5. The molecule has 41 heavy (non-hydrogen) atoms. The summed E-state index contributed by atoms with van der Waals surface area (Å²) in [6, 6.07) is 16.7. The van der Waals surface area contributed by atoms with Crippen molar-refractivity contribution in [3.8, 4) is 22.5 Å². The number of carbonyl (C=O) groups is 1. The Morgan fingerprint density at radius 2 is 1.98 bits per heavy atom. The van der Waals surface area contributed by atoms with E-state index in [-0.39, 0.29) is 17.6 Å². The number of halogens is 1. The molecule has 0 spiro atoms. The van der Waals surface area contributed by atoms with E-state index in [2.05, 4.69) is 43.4 Å². The SMILES string of the molecule is C=CCN/C=C(\C=C(/C)NC(=O)C1CCC1)c1cnc2n[nH]c(-c3cc4c(-c5ccc(F)cc5)cccc4[nH]3)c2c1. The summed E-state index contributed by atoms with van der Waals surface area (Å²) in [7, 11) is 0. The van der Waals surface area contributed by atoms with Crippen LogP contribution in [0.5, 0.6) is 0 Å². The van der Waals surface area contributed by atoms with Crippen LogP contribution in [0.25, 0.3) is 50.0 Å². The molecule has 206 valence electrons. The molecule has 0 radical (unpaired) electrons. The summed E-state index contributed by atoms with van der Waals surface area (Å²) in [6.07, 6.45) is 10.4. The van der Waals surface area contributed by atoms with E-state index in [1.54, 1.807) is 24.4 Å². The first-order chi connectivity index (χ1) is 20.0. The molecule has 4 N–H and O–H groups in total. The first-order valence-corrected chi connectivity index (χ1v) is 13.8. The molecule has 1 saturated carbocycles. The van der Waals surface area contributed by atoms with E-state index in [0.717, 1.165) is 74.9 Å². The lowest BCUT2D eigenvalue weighted by Crippen LogP contribution is -2.33. The predicted octanol–water partition coefficient (Wildman–Crippen LogP) is 6.85. The molecule has 2 aromatic carbocycles. The largest absolute Gasteiger partial charge is 0.387 e. The fraction of sp³-hybridized carbons (Fsp3) is 0.182. The van der Waals surface area contributed by atoms with Gasteiger partial charge in [-0.25, -0.2) is 9.37 Å². The third kappa shape index (κ3) is 5.41. The summed E-state index contributed by atoms with van der Waals surface area (Å²) in [4.78, 5) is 20.6. The van der Waals surface area contributed by atoms with Gasteiger partial charge in [0.2, 0.25) is 5.91 Å². The van der Waals surface area contributed by atoms with E-state index in [9.17, 15) is 9.18 Å². The second-order valence-electron chi connectivity index (χ2n) is 10.4.